The van der Waals surface area contributed by atoms with Gasteiger partial charge in [0.15, 0.2) is 0 Å². The van der Waals surface area contributed by atoms with Gasteiger partial charge >= 0.3 is 0 Å². The molecule has 0 aliphatic carbocycles. The van der Waals surface area contributed by atoms with Crippen LogP contribution in [0.25, 0.3) is 0 Å². The number of rotatable bonds is 3. The number of hydrogen-bond donors (Lipinski definition) is 2. The van der Waals surface area contributed by atoms with Crippen LogP contribution in [0.3, 0.4) is 0 Å². The van der Waals surface area contributed by atoms with E-state index in [4.69, 9.17) is 5.73 Å². The van der Waals surface area contributed by atoms with Gasteiger partial charge in [-0.05, 0) is 22.9 Å². The first-order valence-electron chi connectivity index (χ1n) is 4.57. The fourth-order valence-corrected chi connectivity index (χ4v) is 2.21. The predicted molar refractivity (Wildman–Crippen MR) is 68.3 cm³/mol. The van der Waals surface area contributed by atoms with Gasteiger partial charge in [-0.25, -0.2) is 15.0 Å². The molecule has 2 rings (SSSR count). The minimum Gasteiger partial charge on any atom is -0.383 e. The summed E-state index contributed by atoms with van der Waals surface area (Å²) in [5.41, 5.74) is 6.67. The molecule has 0 atom stereocenters. The summed E-state index contributed by atoms with van der Waals surface area (Å²) in [5, 5.41) is 6.18. The Labute approximate surface area is 105 Å². The second kappa shape index (κ2) is 4.75. The highest BCUT2D eigenvalue weighted by atomic mass is 79.9. The largest absolute Gasteiger partial charge is 0.383 e. The third kappa shape index (κ3) is 2.48. The topological polar surface area (TPSA) is 76.7 Å². The molecule has 0 aliphatic heterocycles. The number of hydrogen-bond acceptors (Lipinski definition) is 6. The first-order chi connectivity index (χ1) is 7.66. The van der Waals surface area contributed by atoms with Crippen LogP contribution in [-0.2, 0) is 6.54 Å². The quantitative estimate of drug-likeness (QED) is 0.908. The Balaban J connectivity index is 2.07. The van der Waals surface area contributed by atoms with Gasteiger partial charge in [-0.15, -0.1) is 11.3 Å². The van der Waals surface area contributed by atoms with E-state index in [9.17, 15) is 0 Å². The van der Waals surface area contributed by atoms with E-state index < -0.39 is 0 Å². The molecule has 7 heteroatoms. The first-order valence-corrected chi connectivity index (χ1v) is 6.25. The van der Waals surface area contributed by atoms with Gasteiger partial charge < -0.3 is 11.1 Å². The number of halogens is 1. The van der Waals surface area contributed by atoms with Crippen molar-refractivity contribution >= 4 is 38.9 Å². The van der Waals surface area contributed by atoms with Crippen LogP contribution in [0, 0.1) is 6.92 Å². The number of thiazole rings is 1. The average Bonchev–Trinajstić information content (AvgIpc) is 2.67. The minimum absolute atomic E-state index is 0.424. The Morgan fingerprint density at radius 3 is 3.00 bits per heavy atom. The first kappa shape index (κ1) is 11.3. The maximum Gasteiger partial charge on any atom is 0.146 e. The van der Waals surface area contributed by atoms with Crippen LogP contribution in [0.2, 0.25) is 0 Å². The normalized spacial score (nSPS) is 10.4. The van der Waals surface area contributed by atoms with Crippen molar-refractivity contribution in [3.05, 3.63) is 26.9 Å². The lowest BCUT2D eigenvalue weighted by Crippen LogP contribution is -2.04. The van der Waals surface area contributed by atoms with Crippen molar-refractivity contribution in [1.82, 2.24) is 15.0 Å². The van der Waals surface area contributed by atoms with E-state index in [1.54, 1.807) is 11.3 Å². The number of nitrogens with two attached hydrogens (primary N) is 1. The van der Waals surface area contributed by atoms with Crippen LogP contribution in [-0.4, -0.2) is 15.0 Å². The molecule has 0 aliphatic rings. The van der Waals surface area contributed by atoms with Crippen molar-refractivity contribution in [2.75, 3.05) is 11.1 Å². The van der Waals surface area contributed by atoms with Crippen molar-refractivity contribution in [2.45, 2.75) is 13.5 Å². The zero-order valence-electron chi connectivity index (χ0n) is 8.57. The Morgan fingerprint density at radius 2 is 2.31 bits per heavy atom. The number of nitrogens with zero attached hydrogens (tertiary/aromatic N) is 3. The van der Waals surface area contributed by atoms with Crippen molar-refractivity contribution in [3.63, 3.8) is 0 Å². The SMILES string of the molecule is Cc1csc(CNc2ncnc(N)c2Br)n1. The van der Waals surface area contributed by atoms with Crippen molar-refractivity contribution < 1.29 is 0 Å². The summed E-state index contributed by atoms with van der Waals surface area (Å²) in [6.07, 6.45) is 1.43. The van der Waals surface area contributed by atoms with Crippen molar-refractivity contribution in [1.29, 1.82) is 0 Å². The van der Waals surface area contributed by atoms with Gasteiger partial charge in [0.1, 0.15) is 27.4 Å². The third-order valence-corrected chi connectivity index (χ3v) is 3.64. The molecule has 0 saturated heterocycles. The highest BCUT2D eigenvalue weighted by Crippen LogP contribution is 2.24. The summed E-state index contributed by atoms with van der Waals surface area (Å²) in [6, 6.07) is 0. The summed E-state index contributed by atoms with van der Waals surface area (Å²) >= 11 is 4.94. The summed E-state index contributed by atoms with van der Waals surface area (Å²) in [6.45, 7) is 2.60. The summed E-state index contributed by atoms with van der Waals surface area (Å²) in [7, 11) is 0. The Bertz CT molecular complexity index is 498. The summed E-state index contributed by atoms with van der Waals surface area (Å²) in [5.74, 6) is 1.10. The summed E-state index contributed by atoms with van der Waals surface area (Å²) < 4.78 is 0.684. The molecular weight excluding hydrogens is 290 g/mol. The highest BCUT2D eigenvalue weighted by Gasteiger charge is 2.06. The molecule has 2 aromatic heterocycles. The van der Waals surface area contributed by atoms with Gasteiger partial charge in [-0.2, -0.15) is 0 Å². The Hall–Kier alpha value is -1.21. The molecule has 0 spiro atoms. The maximum atomic E-state index is 5.64. The second-order valence-corrected chi connectivity index (χ2v) is 4.89. The van der Waals surface area contributed by atoms with Crippen LogP contribution in [0.15, 0.2) is 16.2 Å². The second-order valence-electron chi connectivity index (χ2n) is 3.16. The number of aryl methyl sites for hydroxylation is 1. The Morgan fingerprint density at radius 1 is 1.50 bits per heavy atom. The molecule has 16 heavy (non-hydrogen) atoms. The molecule has 0 radical (unpaired) electrons. The third-order valence-electron chi connectivity index (χ3n) is 1.89. The molecule has 0 bridgehead atoms. The monoisotopic (exact) mass is 299 g/mol. The maximum absolute atomic E-state index is 5.64. The predicted octanol–water partition coefficient (Wildman–Crippen LogP) is 2.20. The Kier molecular flexibility index (Phi) is 3.35. The molecule has 0 aromatic carbocycles. The number of nitrogen functional groups attached to an aromatic ring is 1. The van der Waals surface area contributed by atoms with Crippen molar-refractivity contribution in [3.8, 4) is 0 Å². The van der Waals surface area contributed by atoms with Gasteiger partial charge in [0.05, 0.1) is 6.54 Å². The minimum atomic E-state index is 0.424. The molecule has 0 amide bonds. The van der Waals surface area contributed by atoms with Crippen LogP contribution >= 0.6 is 27.3 Å². The van der Waals surface area contributed by atoms with Crippen LogP contribution in [0.5, 0.6) is 0 Å². The molecule has 2 aromatic rings. The van der Waals surface area contributed by atoms with Gasteiger partial charge in [-0.1, -0.05) is 0 Å². The summed E-state index contributed by atoms with van der Waals surface area (Å²) in [4.78, 5) is 12.3. The average molecular weight is 300 g/mol. The standard InChI is InChI=1S/C9H10BrN5S/c1-5-3-16-6(15-5)2-12-9-7(10)8(11)13-4-14-9/h3-4H,2H2,1H3,(H3,11,12,13,14). The number of nitrogens with one attached hydrogen (secondary N) is 1. The van der Waals surface area contributed by atoms with Gasteiger partial charge in [-0.3, -0.25) is 0 Å². The van der Waals surface area contributed by atoms with Crippen molar-refractivity contribution in [2.24, 2.45) is 0 Å². The molecule has 0 fully saturated rings. The number of anilines is 2. The van der Waals surface area contributed by atoms with E-state index in [2.05, 4.69) is 36.2 Å². The van der Waals surface area contributed by atoms with Gasteiger partial charge in [0.25, 0.3) is 0 Å². The molecule has 2 heterocycles. The lowest BCUT2D eigenvalue weighted by atomic mass is 10.5. The van der Waals surface area contributed by atoms with E-state index in [1.165, 1.54) is 6.33 Å². The van der Waals surface area contributed by atoms with Crippen LogP contribution in [0.4, 0.5) is 11.6 Å². The molecular formula is C9H10BrN5S. The van der Waals surface area contributed by atoms with E-state index in [1.807, 2.05) is 12.3 Å². The van der Waals surface area contributed by atoms with E-state index in [0.29, 0.717) is 22.7 Å². The van der Waals surface area contributed by atoms with E-state index in [0.717, 1.165) is 10.7 Å². The molecule has 0 unspecified atom stereocenters. The van der Waals surface area contributed by atoms with E-state index >= 15 is 0 Å². The van der Waals surface area contributed by atoms with Gasteiger partial charge in [0.2, 0.25) is 0 Å². The van der Waals surface area contributed by atoms with Crippen LogP contribution < -0.4 is 11.1 Å². The molecule has 3 N–H and O–H groups in total. The zero-order valence-corrected chi connectivity index (χ0v) is 11.0. The lowest BCUT2D eigenvalue weighted by Gasteiger charge is -2.06. The smallest absolute Gasteiger partial charge is 0.146 e. The molecule has 5 nitrogen and oxygen atoms in total. The van der Waals surface area contributed by atoms with E-state index in [-0.39, 0.29) is 0 Å². The zero-order chi connectivity index (χ0) is 11.5. The van der Waals surface area contributed by atoms with Gasteiger partial charge in [0, 0.05) is 11.1 Å². The fraction of sp³-hybridized carbons (Fsp3) is 0.222. The molecule has 84 valence electrons. The lowest BCUT2D eigenvalue weighted by molar-refractivity contribution is 1.04. The fourth-order valence-electron chi connectivity index (χ4n) is 1.15. The molecule has 0 saturated carbocycles. The highest BCUT2D eigenvalue weighted by molar-refractivity contribution is 9.10. The number of aromatic nitrogens is 3. The van der Waals surface area contributed by atoms with Crippen LogP contribution in [0.1, 0.15) is 10.7 Å².